The van der Waals surface area contributed by atoms with Crippen molar-refractivity contribution >= 4 is 33.6 Å². The number of carboxylic acid groups (broad SMARTS) is 1. The van der Waals surface area contributed by atoms with Crippen LogP contribution < -0.4 is 5.32 Å². The van der Waals surface area contributed by atoms with E-state index in [2.05, 4.69) is 21.2 Å². The second-order valence-electron chi connectivity index (χ2n) is 5.37. The molecule has 0 radical (unpaired) electrons. The fourth-order valence-electron chi connectivity index (χ4n) is 2.68. The van der Waals surface area contributed by atoms with Gasteiger partial charge in [-0.15, -0.1) is 0 Å². The molecule has 1 heterocycles. The maximum Gasteiger partial charge on any atom is 0.321 e. The molecule has 5 nitrogen and oxygen atoms in total. The quantitative estimate of drug-likeness (QED) is 0.871. The van der Waals surface area contributed by atoms with Crippen molar-refractivity contribution in [1.82, 2.24) is 4.90 Å². The van der Waals surface area contributed by atoms with Gasteiger partial charge in [-0.25, -0.2) is 4.79 Å². The van der Waals surface area contributed by atoms with Crippen LogP contribution in [-0.2, 0) is 4.79 Å². The second-order valence-corrected chi connectivity index (χ2v) is 6.23. The van der Waals surface area contributed by atoms with Gasteiger partial charge in [0.25, 0.3) is 0 Å². The van der Waals surface area contributed by atoms with E-state index in [1.54, 1.807) is 11.0 Å². The highest BCUT2D eigenvalue weighted by molar-refractivity contribution is 9.10. The lowest BCUT2D eigenvalue weighted by Crippen LogP contribution is -2.50. The molecule has 1 saturated heterocycles. The Labute approximate surface area is 132 Å². The number of halogens is 1. The predicted molar refractivity (Wildman–Crippen MR) is 84.3 cm³/mol. The fourth-order valence-corrected chi connectivity index (χ4v) is 3.06. The van der Waals surface area contributed by atoms with Gasteiger partial charge in [0, 0.05) is 17.6 Å². The van der Waals surface area contributed by atoms with E-state index in [9.17, 15) is 14.7 Å². The first kappa shape index (κ1) is 15.8. The van der Waals surface area contributed by atoms with Gasteiger partial charge in [-0.2, -0.15) is 0 Å². The van der Waals surface area contributed by atoms with E-state index in [0.29, 0.717) is 31.5 Å². The monoisotopic (exact) mass is 354 g/mol. The Morgan fingerprint density at radius 1 is 1.43 bits per heavy atom. The zero-order chi connectivity index (χ0) is 15.5. The van der Waals surface area contributed by atoms with Gasteiger partial charge in [-0.1, -0.05) is 19.1 Å². The Hall–Kier alpha value is -1.56. The van der Waals surface area contributed by atoms with E-state index < -0.39 is 11.4 Å². The summed E-state index contributed by atoms with van der Waals surface area (Å²) < 4.78 is 0.801. The summed E-state index contributed by atoms with van der Waals surface area (Å²) in [6.07, 6.45) is 1.86. The van der Waals surface area contributed by atoms with E-state index >= 15 is 0 Å². The smallest absolute Gasteiger partial charge is 0.321 e. The minimum atomic E-state index is -0.816. The van der Waals surface area contributed by atoms with Crippen LogP contribution >= 0.6 is 15.9 Å². The van der Waals surface area contributed by atoms with Crippen molar-refractivity contribution in [2.24, 2.45) is 5.41 Å². The van der Waals surface area contributed by atoms with Crippen molar-refractivity contribution in [2.75, 3.05) is 18.4 Å². The molecule has 0 saturated carbocycles. The number of amides is 2. The minimum Gasteiger partial charge on any atom is -0.481 e. The highest BCUT2D eigenvalue weighted by atomic mass is 79.9. The SMILES string of the molecule is CCC1(C(=O)O)CCCN(C(=O)Nc2ccccc2Br)C1. The topological polar surface area (TPSA) is 69.6 Å². The summed E-state index contributed by atoms with van der Waals surface area (Å²) in [5.74, 6) is -0.816. The molecule has 1 fully saturated rings. The third-order valence-corrected chi connectivity index (χ3v) is 4.80. The van der Waals surface area contributed by atoms with Gasteiger partial charge in [-0.05, 0) is 47.3 Å². The number of carbonyl (C=O) groups excluding carboxylic acids is 1. The Morgan fingerprint density at radius 2 is 2.14 bits per heavy atom. The van der Waals surface area contributed by atoms with Crippen LogP contribution in [0.25, 0.3) is 0 Å². The number of piperidine rings is 1. The first-order chi connectivity index (χ1) is 9.98. The maximum atomic E-state index is 12.3. The molecule has 1 aromatic carbocycles. The van der Waals surface area contributed by atoms with Crippen molar-refractivity contribution in [2.45, 2.75) is 26.2 Å². The summed E-state index contributed by atoms with van der Waals surface area (Å²) >= 11 is 3.38. The van der Waals surface area contributed by atoms with Gasteiger partial charge in [0.05, 0.1) is 11.1 Å². The number of aliphatic carboxylic acids is 1. The molecule has 1 atom stereocenters. The summed E-state index contributed by atoms with van der Waals surface area (Å²) in [6, 6.07) is 7.10. The average Bonchev–Trinajstić information content (AvgIpc) is 2.49. The molecule has 1 aliphatic rings. The molecule has 0 bridgehead atoms. The van der Waals surface area contributed by atoms with Crippen molar-refractivity contribution in [3.8, 4) is 0 Å². The second kappa shape index (κ2) is 6.47. The summed E-state index contributed by atoms with van der Waals surface area (Å²) in [5.41, 5.74) is -0.130. The van der Waals surface area contributed by atoms with Crippen LogP contribution in [0.5, 0.6) is 0 Å². The molecule has 21 heavy (non-hydrogen) atoms. The van der Waals surface area contributed by atoms with E-state index in [1.807, 2.05) is 25.1 Å². The standard InChI is InChI=1S/C15H19BrN2O3/c1-2-15(13(19)20)8-5-9-18(10-15)14(21)17-12-7-4-3-6-11(12)16/h3-4,6-7H,2,5,8-10H2,1H3,(H,17,21)(H,19,20). The van der Waals surface area contributed by atoms with Crippen LogP contribution in [-0.4, -0.2) is 35.1 Å². The van der Waals surface area contributed by atoms with Crippen LogP contribution in [0, 0.1) is 5.41 Å². The summed E-state index contributed by atoms with van der Waals surface area (Å²) in [6.45, 7) is 2.71. The molecule has 2 rings (SSSR count). The van der Waals surface area contributed by atoms with Crippen LogP contribution in [0.1, 0.15) is 26.2 Å². The van der Waals surface area contributed by atoms with Crippen LogP contribution in [0.3, 0.4) is 0 Å². The van der Waals surface area contributed by atoms with Gasteiger partial charge in [0.2, 0.25) is 0 Å². The van der Waals surface area contributed by atoms with Crippen LogP contribution in [0.15, 0.2) is 28.7 Å². The molecule has 1 unspecified atom stereocenters. The Kier molecular flexibility index (Phi) is 4.88. The summed E-state index contributed by atoms with van der Waals surface area (Å²) in [5, 5.41) is 12.3. The Balaban J connectivity index is 2.09. The van der Waals surface area contributed by atoms with Crippen molar-refractivity contribution in [3.63, 3.8) is 0 Å². The number of anilines is 1. The summed E-state index contributed by atoms with van der Waals surface area (Å²) in [7, 11) is 0. The van der Waals surface area contributed by atoms with Crippen molar-refractivity contribution in [1.29, 1.82) is 0 Å². The highest BCUT2D eigenvalue weighted by Gasteiger charge is 2.42. The number of carbonyl (C=O) groups is 2. The molecule has 2 amide bonds. The molecule has 0 aromatic heterocycles. The van der Waals surface area contributed by atoms with E-state index in [4.69, 9.17) is 0 Å². The number of urea groups is 1. The molecular weight excluding hydrogens is 336 g/mol. The number of nitrogens with zero attached hydrogens (tertiary/aromatic N) is 1. The maximum absolute atomic E-state index is 12.3. The molecule has 0 spiro atoms. The third kappa shape index (κ3) is 3.37. The molecule has 1 aromatic rings. The zero-order valence-electron chi connectivity index (χ0n) is 11.9. The largest absolute Gasteiger partial charge is 0.481 e. The molecule has 0 aliphatic carbocycles. The van der Waals surface area contributed by atoms with Crippen LogP contribution in [0.2, 0.25) is 0 Å². The average molecular weight is 355 g/mol. The zero-order valence-corrected chi connectivity index (χ0v) is 13.5. The Bertz CT molecular complexity index is 549. The molecular formula is C15H19BrN2O3. The molecule has 2 N–H and O–H groups in total. The van der Waals surface area contributed by atoms with Gasteiger partial charge in [-0.3, -0.25) is 4.79 Å². The Morgan fingerprint density at radius 3 is 2.76 bits per heavy atom. The van der Waals surface area contributed by atoms with Crippen molar-refractivity contribution < 1.29 is 14.7 Å². The van der Waals surface area contributed by atoms with E-state index in [-0.39, 0.29) is 12.6 Å². The minimum absolute atomic E-state index is 0.249. The van der Waals surface area contributed by atoms with Gasteiger partial charge < -0.3 is 15.3 Å². The fraction of sp³-hybridized carbons (Fsp3) is 0.467. The predicted octanol–water partition coefficient (Wildman–Crippen LogP) is 3.56. The van der Waals surface area contributed by atoms with Gasteiger partial charge in [0.1, 0.15) is 0 Å². The number of benzene rings is 1. The van der Waals surface area contributed by atoms with Crippen LogP contribution in [0.4, 0.5) is 10.5 Å². The molecule has 6 heteroatoms. The normalized spacial score (nSPS) is 21.9. The first-order valence-electron chi connectivity index (χ1n) is 7.02. The number of carboxylic acids is 1. The summed E-state index contributed by atoms with van der Waals surface area (Å²) in [4.78, 5) is 25.5. The number of rotatable bonds is 3. The number of nitrogens with one attached hydrogen (secondary N) is 1. The van der Waals surface area contributed by atoms with Gasteiger partial charge in [0.15, 0.2) is 0 Å². The lowest BCUT2D eigenvalue weighted by Gasteiger charge is -2.39. The molecule has 114 valence electrons. The van der Waals surface area contributed by atoms with E-state index in [0.717, 1.165) is 4.47 Å². The number of para-hydroxylation sites is 1. The number of hydrogen-bond donors (Lipinski definition) is 2. The van der Waals surface area contributed by atoms with E-state index in [1.165, 1.54) is 0 Å². The number of hydrogen-bond acceptors (Lipinski definition) is 2. The third-order valence-electron chi connectivity index (χ3n) is 4.11. The lowest BCUT2D eigenvalue weighted by molar-refractivity contribution is -0.152. The lowest BCUT2D eigenvalue weighted by atomic mass is 9.78. The number of likely N-dealkylation sites (tertiary alicyclic amines) is 1. The van der Waals surface area contributed by atoms with Gasteiger partial charge >= 0.3 is 12.0 Å². The highest BCUT2D eigenvalue weighted by Crippen LogP contribution is 2.34. The molecule has 1 aliphatic heterocycles. The van der Waals surface area contributed by atoms with Crippen molar-refractivity contribution in [3.05, 3.63) is 28.7 Å². The first-order valence-corrected chi connectivity index (χ1v) is 7.82.